The molecule has 5 nitrogen and oxygen atoms in total. The van der Waals surface area contributed by atoms with Crippen molar-refractivity contribution >= 4 is 15.9 Å². The highest BCUT2D eigenvalue weighted by atomic mass is 32.2. The van der Waals surface area contributed by atoms with Gasteiger partial charge in [-0.3, -0.25) is 4.79 Å². The van der Waals surface area contributed by atoms with Crippen molar-refractivity contribution in [2.24, 2.45) is 0 Å². The van der Waals surface area contributed by atoms with E-state index in [4.69, 9.17) is 0 Å². The van der Waals surface area contributed by atoms with Gasteiger partial charge in [-0.05, 0) is 35.6 Å². The Morgan fingerprint density at radius 2 is 1.95 bits per heavy atom. The second-order valence-corrected chi connectivity index (χ2v) is 8.69. The van der Waals surface area contributed by atoms with Gasteiger partial charge in [0, 0.05) is 13.1 Å². The van der Waals surface area contributed by atoms with Crippen LogP contribution in [0.15, 0.2) is 18.2 Å². The van der Waals surface area contributed by atoms with Crippen molar-refractivity contribution in [3.05, 3.63) is 34.9 Å². The number of sulfonamides is 1. The number of nitrogens with zero attached hydrogens (tertiary/aromatic N) is 1. The third kappa shape index (κ3) is 3.87. The van der Waals surface area contributed by atoms with Crippen molar-refractivity contribution < 1.29 is 13.2 Å². The zero-order chi connectivity index (χ0) is 16.5. The highest BCUT2D eigenvalue weighted by Crippen LogP contribution is 2.27. The fraction of sp³-hybridized carbons (Fsp3) is 0.562. The molecule has 0 radical (unpaired) electrons. The van der Waals surface area contributed by atoms with Crippen molar-refractivity contribution in [1.29, 1.82) is 0 Å². The second-order valence-electron chi connectivity index (χ2n) is 6.76. The highest BCUT2D eigenvalue weighted by molar-refractivity contribution is 7.90. The molecule has 0 atom stereocenters. The normalized spacial score (nSPS) is 15.5. The van der Waals surface area contributed by atoms with E-state index in [-0.39, 0.29) is 11.3 Å². The summed E-state index contributed by atoms with van der Waals surface area (Å²) in [6.45, 7) is 7.51. The van der Waals surface area contributed by atoms with E-state index in [1.807, 2.05) is 0 Å². The molecule has 1 aromatic carbocycles. The van der Waals surface area contributed by atoms with Gasteiger partial charge in [0.2, 0.25) is 15.9 Å². The van der Waals surface area contributed by atoms with Gasteiger partial charge in [0.05, 0.1) is 0 Å². The number of hydrogen-bond acceptors (Lipinski definition) is 3. The van der Waals surface area contributed by atoms with Gasteiger partial charge in [0.1, 0.15) is 5.75 Å². The molecule has 0 spiro atoms. The molecule has 0 saturated carbocycles. The topological polar surface area (TPSA) is 66.5 Å². The summed E-state index contributed by atoms with van der Waals surface area (Å²) < 4.78 is 25.2. The quantitative estimate of drug-likeness (QED) is 0.914. The maximum absolute atomic E-state index is 12.2. The largest absolute Gasteiger partial charge is 0.337 e. The fourth-order valence-corrected chi connectivity index (χ4v) is 3.21. The number of hydrogen-bond donors (Lipinski definition) is 1. The minimum Gasteiger partial charge on any atom is -0.337 e. The lowest BCUT2D eigenvalue weighted by Gasteiger charge is -2.30. The maximum atomic E-state index is 12.2. The second kappa shape index (κ2) is 6.01. The molecular formula is C16H24N2O3S. The standard InChI is InChI=1S/C16H24N2O3S/c1-16(2,3)14-6-5-12-7-8-18(10-13(12)9-14)15(19)11-22(20,21)17-4/h5-6,9,17H,7-8,10-11H2,1-4H3. The molecule has 2 rings (SSSR count). The van der Waals surface area contributed by atoms with Crippen molar-refractivity contribution in [3.8, 4) is 0 Å². The summed E-state index contributed by atoms with van der Waals surface area (Å²) in [5.41, 5.74) is 3.64. The molecule has 1 aliphatic rings. The molecule has 1 aromatic rings. The van der Waals surface area contributed by atoms with E-state index >= 15 is 0 Å². The molecule has 0 unspecified atom stereocenters. The van der Waals surface area contributed by atoms with Crippen LogP contribution in [0, 0.1) is 0 Å². The van der Waals surface area contributed by atoms with Crippen LogP contribution in [-0.4, -0.2) is 38.6 Å². The van der Waals surface area contributed by atoms with Crippen LogP contribution in [0.1, 0.15) is 37.5 Å². The molecule has 1 N–H and O–H groups in total. The number of rotatable bonds is 3. The molecule has 0 fully saturated rings. The summed E-state index contributed by atoms with van der Waals surface area (Å²) in [6, 6.07) is 6.41. The van der Waals surface area contributed by atoms with E-state index in [0.29, 0.717) is 13.1 Å². The van der Waals surface area contributed by atoms with E-state index in [1.165, 1.54) is 18.2 Å². The highest BCUT2D eigenvalue weighted by Gasteiger charge is 2.25. The lowest BCUT2D eigenvalue weighted by atomic mass is 9.84. The molecule has 1 aliphatic heterocycles. The fourth-order valence-electron chi connectivity index (χ4n) is 2.56. The monoisotopic (exact) mass is 324 g/mol. The molecule has 22 heavy (non-hydrogen) atoms. The Labute approximate surface area is 132 Å². The SMILES string of the molecule is CNS(=O)(=O)CC(=O)N1CCc2ccc(C(C)(C)C)cc2C1. The number of carbonyl (C=O) groups is 1. The van der Waals surface area contributed by atoms with E-state index in [0.717, 1.165) is 12.0 Å². The number of nitrogens with one attached hydrogen (secondary N) is 1. The molecule has 0 bridgehead atoms. The third-order valence-electron chi connectivity index (χ3n) is 4.06. The van der Waals surface area contributed by atoms with Gasteiger partial charge in [-0.2, -0.15) is 0 Å². The lowest BCUT2D eigenvalue weighted by Crippen LogP contribution is -2.41. The summed E-state index contributed by atoms with van der Waals surface area (Å²) in [4.78, 5) is 13.8. The Bertz CT molecular complexity index is 675. The first-order chi connectivity index (χ1) is 10.1. The van der Waals surface area contributed by atoms with Crippen LogP contribution < -0.4 is 4.72 Å². The number of benzene rings is 1. The van der Waals surface area contributed by atoms with Crippen molar-refractivity contribution in [1.82, 2.24) is 9.62 Å². The van der Waals surface area contributed by atoms with E-state index in [9.17, 15) is 13.2 Å². The van der Waals surface area contributed by atoms with E-state index < -0.39 is 15.8 Å². The summed E-state index contributed by atoms with van der Waals surface area (Å²) in [6.07, 6.45) is 0.769. The molecule has 122 valence electrons. The van der Waals surface area contributed by atoms with Gasteiger partial charge >= 0.3 is 0 Å². The minimum absolute atomic E-state index is 0.0524. The van der Waals surface area contributed by atoms with Crippen LogP contribution in [0.2, 0.25) is 0 Å². The Hall–Kier alpha value is -1.40. The summed E-state index contributed by atoms with van der Waals surface area (Å²) in [5, 5.41) is 0. The Morgan fingerprint density at radius 1 is 1.27 bits per heavy atom. The summed E-state index contributed by atoms with van der Waals surface area (Å²) >= 11 is 0. The predicted molar refractivity (Wildman–Crippen MR) is 87.1 cm³/mol. The molecular weight excluding hydrogens is 300 g/mol. The van der Waals surface area contributed by atoms with Crippen LogP contribution in [0.25, 0.3) is 0 Å². The van der Waals surface area contributed by atoms with Crippen molar-refractivity contribution in [2.45, 2.75) is 39.2 Å². The van der Waals surface area contributed by atoms with Gasteiger partial charge < -0.3 is 4.90 Å². The smallest absolute Gasteiger partial charge is 0.239 e. The molecule has 0 saturated heterocycles. The third-order valence-corrected chi connectivity index (χ3v) is 5.31. The van der Waals surface area contributed by atoms with Crippen LogP contribution in [-0.2, 0) is 33.2 Å². The Balaban J connectivity index is 2.18. The van der Waals surface area contributed by atoms with Crippen molar-refractivity contribution in [3.63, 3.8) is 0 Å². The first-order valence-electron chi connectivity index (χ1n) is 7.44. The number of amides is 1. The van der Waals surface area contributed by atoms with Crippen LogP contribution >= 0.6 is 0 Å². The van der Waals surface area contributed by atoms with Gasteiger partial charge in [0.15, 0.2) is 0 Å². The van der Waals surface area contributed by atoms with Gasteiger partial charge in [-0.25, -0.2) is 13.1 Å². The van der Waals surface area contributed by atoms with E-state index in [2.05, 4.69) is 43.7 Å². The molecule has 1 heterocycles. The van der Waals surface area contributed by atoms with E-state index in [1.54, 1.807) is 4.90 Å². The average molecular weight is 324 g/mol. The van der Waals surface area contributed by atoms with Gasteiger partial charge in [-0.15, -0.1) is 0 Å². The predicted octanol–water partition coefficient (Wildman–Crippen LogP) is 1.42. The number of fused-ring (bicyclic) bond motifs is 1. The first-order valence-corrected chi connectivity index (χ1v) is 9.09. The molecule has 1 amide bonds. The zero-order valence-electron chi connectivity index (χ0n) is 13.6. The molecule has 0 aromatic heterocycles. The minimum atomic E-state index is -3.52. The summed E-state index contributed by atoms with van der Waals surface area (Å²) in [5.74, 6) is -0.834. The van der Waals surface area contributed by atoms with Crippen LogP contribution in [0.3, 0.4) is 0 Å². The number of carbonyl (C=O) groups excluding carboxylic acids is 1. The Morgan fingerprint density at radius 3 is 2.55 bits per heavy atom. The maximum Gasteiger partial charge on any atom is 0.239 e. The average Bonchev–Trinajstić information content (AvgIpc) is 2.44. The van der Waals surface area contributed by atoms with Gasteiger partial charge in [0.25, 0.3) is 0 Å². The molecule has 6 heteroatoms. The first kappa shape index (κ1) is 17.0. The lowest BCUT2D eigenvalue weighted by molar-refractivity contribution is -0.129. The summed E-state index contributed by atoms with van der Waals surface area (Å²) in [7, 11) is -2.19. The van der Waals surface area contributed by atoms with Crippen LogP contribution in [0.5, 0.6) is 0 Å². The van der Waals surface area contributed by atoms with Crippen molar-refractivity contribution in [2.75, 3.05) is 19.3 Å². The molecule has 0 aliphatic carbocycles. The Kier molecular flexibility index (Phi) is 4.63. The zero-order valence-corrected chi connectivity index (χ0v) is 14.5. The van der Waals surface area contributed by atoms with Crippen LogP contribution in [0.4, 0.5) is 0 Å². The van der Waals surface area contributed by atoms with Gasteiger partial charge in [-0.1, -0.05) is 39.0 Å².